The first-order valence-corrected chi connectivity index (χ1v) is 6.79. The lowest BCUT2D eigenvalue weighted by Crippen LogP contribution is -2.28. The molecule has 0 bridgehead atoms. The molecule has 0 radical (unpaired) electrons. The van der Waals surface area contributed by atoms with Gasteiger partial charge in [0, 0.05) is 3.57 Å². The predicted molar refractivity (Wildman–Crippen MR) is 78.4 cm³/mol. The fraction of sp³-hybridized carbons (Fsp3) is 0.286. The average Bonchev–Trinajstić information content (AvgIpc) is 2.80. The standard InChI is InChI=1S/C14H13IO4/c1-18-13(16)12(14(17)19-2)10-5-8-3-4-11(15)7-9(8)6-10/h3-5,7,12H,6H2,1-2H3. The van der Waals surface area contributed by atoms with Gasteiger partial charge in [-0.15, -0.1) is 0 Å². The smallest absolute Gasteiger partial charge is 0.324 e. The van der Waals surface area contributed by atoms with Gasteiger partial charge in [-0.2, -0.15) is 0 Å². The number of esters is 2. The van der Waals surface area contributed by atoms with Crippen molar-refractivity contribution < 1.29 is 19.1 Å². The van der Waals surface area contributed by atoms with Crippen molar-refractivity contribution in [3.63, 3.8) is 0 Å². The molecule has 1 aromatic rings. The molecule has 19 heavy (non-hydrogen) atoms. The molecule has 100 valence electrons. The van der Waals surface area contributed by atoms with E-state index < -0.39 is 17.9 Å². The summed E-state index contributed by atoms with van der Waals surface area (Å²) >= 11 is 2.23. The van der Waals surface area contributed by atoms with Gasteiger partial charge in [-0.3, -0.25) is 9.59 Å². The van der Waals surface area contributed by atoms with Crippen LogP contribution in [-0.2, 0) is 25.5 Å². The van der Waals surface area contributed by atoms with Gasteiger partial charge in [0.15, 0.2) is 5.92 Å². The lowest BCUT2D eigenvalue weighted by atomic mass is 9.97. The molecule has 0 amide bonds. The molecule has 5 heteroatoms. The first-order chi connectivity index (χ1) is 9.06. The normalized spacial score (nSPS) is 12.9. The van der Waals surface area contributed by atoms with Crippen LogP contribution in [0.2, 0.25) is 0 Å². The summed E-state index contributed by atoms with van der Waals surface area (Å²) in [5.74, 6) is -2.14. The van der Waals surface area contributed by atoms with Crippen LogP contribution in [0, 0.1) is 9.49 Å². The third kappa shape index (κ3) is 2.80. The highest BCUT2D eigenvalue weighted by Crippen LogP contribution is 2.31. The molecule has 0 saturated heterocycles. The Balaban J connectivity index is 2.32. The SMILES string of the molecule is COC(=O)C(C(=O)OC)C1=Cc2ccc(I)cc2C1. The summed E-state index contributed by atoms with van der Waals surface area (Å²) in [5, 5.41) is 0. The summed E-state index contributed by atoms with van der Waals surface area (Å²) in [4.78, 5) is 23.5. The highest BCUT2D eigenvalue weighted by atomic mass is 127. The molecule has 0 atom stereocenters. The molecule has 0 aliphatic heterocycles. The molecule has 1 aliphatic rings. The van der Waals surface area contributed by atoms with Gasteiger partial charge >= 0.3 is 11.9 Å². The molecule has 0 fully saturated rings. The maximum Gasteiger partial charge on any atom is 0.324 e. The Morgan fingerprint density at radius 2 is 1.84 bits per heavy atom. The van der Waals surface area contributed by atoms with Crippen molar-refractivity contribution in [2.45, 2.75) is 6.42 Å². The van der Waals surface area contributed by atoms with Crippen LogP contribution >= 0.6 is 22.6 Å². The van der Waals surface area contributed by atoms with E-state index in [-0.39, 0.29) is 0 Å². The zero-order chi connectivity index (χ0) is 14.0. The molecule has 4 nitrogen and oxygen atoms in total. The van der Waals surface area contributed by atoms with E-state index in [0.29, 0.717) is 6.42 Å². The molecular weight excluding hydrogens is 359 g/mol. The van der Waals surface area contributed by atoms with Crippen LogP contribution in [0.1, 0.15) is 11.1 Å². The van der Waals surface area contributed by atoms with Crippen LogP contribution in [0.15, 0.2) is 23.8 Å². The van der Waals surface area contributed by atoms with E-state index in [1.807, 2.05) is 24.3 Å². The van der Waals surface area contributed by atoms with Crippen molar-refractivity contribution in [1.82, 2.24) is 0 Å². The molecule has 0 spiro atoms. The molecule has 0 unspecified atom stereocenters. The zero-order valence-corrected chi connectivity index (χ0v) is 12.8. The van der Waals surface area contributed by atoms with Crippen molar-refractivity contribution in [2.75, 3.05) is 14.2 Å². The summed E-state index contributed by atoms with van der Waals surface area (Å²) in [6.07, 6.45) is 2.44. The molecule has 2 rings (SSSR count). The molecule has 1 aliphatic carbocycles. The molecule has 0 heterocycles. The maximum absolute atomic E-state index is 11.8. The van der Waals surface area contributed by atoms with Crippen molar-refractivity contribution in [1.29, 1.82) is 0 Å². The Morgan fingerprint density at radius 1 is 1.21 bits per heavy atom. The number of carbonyl (C=O) groups is 2. The second kappa shape index (κ2) is 5.73. The van der Waals surface area contributed by atoms with Crippen LogP contribution in [0.25, 0.3) is 6.08 Å². The highest BCUT2D eigenvalue weighted by molar-refractivity contribution is 14.1. The number of halogens is 1. The molecule has 0 saturated carbocycles. The van der Waals surface area contributed by atoms with E-state index in [9.17, 15) is 9.59 Å². The van der Waals surface area contributed by atoms with Gasteiger partial charge in [0.2, 0.25) is 0 Å². The van der Waals surface area contributed by atoms with Crippen molar-refractivity contribution >= 4 is 40.6 Å². The Bertz CT molecular complexity index is 547. The fourth-order valence-corrected chi connectivity index (χ4v) is 2.71. The van der Waals surface area contributed by atoms with E-state index in [1.54, 1.807) is 0 Å². The van der Waals surface area contributed by atoms with Crippen molar-refractivity contribution in [2.24, 2.45) is 5.92 Å². The predicted octanol–water partition coefficient (Wildman–Crippen LogP) is 2.19. The number of methoxy groups -OCH3 is 2. The minimum Gasteiger partial charge on any atom is -0.468 e. The molecule has 0 aromatic heterocycles. The molecule has 0 N–H and O–H groups in total. The Kier molecular flexibility index (Phi) is 4.24. The second-order valence-corrected chi connectivity index (χ2v) is 5.46. The quantitative estimate of drug-likeness (QED) is 0.464. The summed E-state index contributed by atoms with van der Waals surface area (Å²) in [6, 6.07) is 6.02. The van der Waals surface area contributed by atoms with Crippen molar-refractivity contribution in [3.8, 4) is 0 Å². The number of hydrogen-bond donors (Lipinski definition) is 0. The van der Waals surface area contributed by atoms with Gasteiger partial charge in [-0.25, -0.2) is 0 Å². The largest absolute Gasteiger partial charge is 0.468 e. The number of fused-ring (bicyclic) bond motifs is 1. The van der Waals surface area contributed by atoms with Crippen LogP contribution in [0.3, 0.4) is 0 Å². The Hall–Kier alpha value is -1.37. The monoisotopic (exact) mass is 372 g/mol. The second-order valence-electron chi connectivity index (χ2n) is 4.22. The minimum atomic E-state index is -0.972. The van der Waals surface area contributed by atoms with Gasteiger partial charge in [0.05, 0.1) is 14.2 Å². The number of hydrogen-bond acceptors (Lipinski definition) is 4. The number of ether oxygens (including phenoxy) is 2. The van der Waals surface area contributed by atoms with E-state index in [0.717, 1.165) is 20.3 Å². The highest BCUT2D eigenvalue weighted by Gasteiger charge is 2.34. The van der Waals surface area contributed by atoms with Crippen LogP contribution < -0.4 is 0 Å². The van der Waals surface area contributed by atoms with Gasteiger partial charge in [-0.1, -0.05) is 12.1 Å². The minimum absolute atomic E-state index is 0.570. The summed E-state index contributed by atoms with van der Waals surface area (Å²) in [5.41, 5.74) is 2.86. The number of rotatable bonds is 3. The first kappa shape index (κ1) is 14.0. The van der Waals surface area contributed by atoms with Gasteiger partial charge in [0.25, 0.3) is 0 Å². The lowest BCUT2D eigenvalue weighted by Gasteiger charge is -2.13. The molecule has 1 aromatic carbocycles. The maximum atomic E-state index is 11.8. The van der Waals surface area contributed by atoms with Gasteiger partial charge in [0.1, 0.15) is 0 Å². The average molecular weight is 372 g/mol. The third-order valence-electron chi connectivity index (χ3n) is 3.09. The Morgan fingerprint density at radius 3 is 2.42 bits per heavy atom. The molecular formula is C14H13IO4. The van der Waals surface area contributed by atoms with Gasteiger partial charge in [-0.05, 0) is 57.8 Å². The third-order valence-corrected chi connectivity index (χ3v) is 3.76. The van der Waals surface area contributed by atoms with E-state index in [1.165, 1.54) is 14.2 Å². The fourth-order valence-electron chi connectivity index (χ4n) is 2.16. The van der Waals surface area contributed by atoms with Gasteiger partial charge < -0.3 is 9.47 Å². The first-order valence-electron chi connectivity index (χ1n) is 5.71. The van der Waals surface area contributed by atoms with E-state index in [4.69, 9.17) is 0 Å². The van der Waals surface area contributed by atoms with Crippen LogP contribution in [0.5, 0.6) is 0 Å². The van der Waals surface area contributed by atoms with Crippen LogP contribution in [-0.4, -0.2) is 26.2 Å². The van der Waals surface area contributed by atoms with E-state index >= 15 is 0 Å². The summed E-state index contributed by atoms with van der Waals surface area (Å²) in [7, 11) is 2.54. The number of benzene rings is 1. The topological polar surface area (TPSA) is 52.6 Å². The van der Waals surface area contributed by atoms with E-state index in [2.05, 4.69) is 32.1 Å². The van der Waals surface area contributed by atoms with Crippen LogP contribution in [0.4, 0.5) is 0 Å². The summed E-state index contributed by atoms with van der Waals surface area (Å²) < 4.78 is 10.5. The lowest BCUT2D eigenvalue weighted by molar-refractivity contribution is -0.156. The number of carbonyl (C=O) groups excluding carboxylic acids is 2. The van der Waals surface area contributed by atoms with Crippen molar-refractivity contribution in [3.05, 3.63) is 38.5 Å². The zero-order valence-electron chi connectivity index (χ0n) is 10.6. The summed E-state index contributed by atoms with van der Waals surface area (Å²) in [6.45, 7) is 0. The Labute approximate surface area is 124 Å².